The van der Waals surface area contributed by atoms with Crippen molar-refractivity contribution in [1.29, 1.82) is 0 Å². The predicted molar refractivity (Wildman–Crippen MR) is 292 cm³/mol. The molecule has 0 spiro atoms. The van der Waals surface area contributed by atoms with Crippen molar-refractivity contribution in [1.82, 2.24) is 0 Å². The zero-order valence-electron chi connectivity index (χ0n) is 43.3. The monoisotopic (exact) mass is 937 g/mol. The molecule has 6 heteroatoms. The molecule has 0 N–H and O–H groups in total. The third-order valence-electron chi connectivity index (χ3n) is 10.6. The molecule has 0 amide bonds. The van der Waals surface area contributed by atoms with E-state index in [1.807, 2.05) is 12.2 Å². The second-order valence-corrected chi connectivity index (χ2v) is 17.0. The molecule has 0 aliphatic rings. The van der Waals surface area contributed by atoms with E-state index in [0.29, 0.717) is 19.3 Å². The smallest absolute Gasteiger partial charge is 0.306 e. The normalized spacial score (nSPS) is 13.3. The average Bonchev–Trinajstić information content (AvgIpc) is 3.34. The molecular weight excluding hydrogens is 841 g/mol. The summed E-state index contributed by atoms with van der Waals surface area (Å²) in [6.45, 7) is 6.26. The number of rotatable bonds is 46. The summed E-state index contributed by atoms with van der Waals surface area (Å²) in [6, 6.07) is 0. The van der Waals surface area contributed by atoms with E-state index in [0.717, 1.165) is 109 Å². The quantitative estimate of drug-likeness (QED) is 0.0262. The largest absolute Gasteiger partial charge is 0.462 e. The Morgan fingerprint density at radius 1 is 0.309 bits per heavy atom. The third-order valence-corrected chi connectivity index (χ3v) is 10.6. The molecule has 0 bridgehead atoms. The summed E-state index contributed by atoms with van der Waals surface area (Å²) in [4.78, 5) is 38.0. The molecule has 1 atom stereocenters. The van der Waals surface area contributed by atoms with Crippen LogP contribution in [0.4, 0.5) is 0 Å². The zero-order chi connectivity index (χ0) is 49.3. The maximum Gasteiger partial charge on any atom is 0.306 e. The Balaban J connectivity index is 4.64. The molecule has 0 aliphatic heterocycles. The molecule has 0 saturated carbocycles. The van der Waals surface area contributed by atoms with Gasteiger partial charge in [0.2, 0.25) is 0 Å². The van der Waals surface area contributed by atoms with Gasteiger partial charge in [0, 0.05) is 19.3 Å². The fourth-order valence-corrected chi connectivity index (χ4v) is 6.61. The van der Waals surface area contributed by atoms with Crippen molar-refractivity contribution in [2.45, 2.75) is 213 Å². The molecule has 380 valence electrons. The minimum atomic E-state index is -0.851. The molecule has 0 heterocycles. The number of unbranched alkanes of at least 4 members (excludes halogenated alkanes) is 11. The summed E-state index contributed by atoms with van der Waals surface area (Å²) in [7, 11) is 0. The highest BCUT2D eigenvalue weighted by Crippen LogP contribution is 2.11. The zero-order valence-corrected chi connectivity index (χ0v) is 43.3. The summed E-state index contributed by atoms with van der Waals surface area (Å²) in [5.41, 5.74) is 0. The lowest BCUT2D eigenvalue weighted by Crippen LogP contribution is -2.30. The van der Waals surface area contributed by atoms with Crippen molar-refractivity contribution in [3.05, 3.63) is 146 Å². The van der Waals surface area contributed by atoms with E-state index in [1.165, 1.54) is 44.9 Å². The first-order chi connectivity index (χ1) is 33.5. The van der Waals surface area contributed by atoms with Gasteiger partial charge in [0.25, 0.3) is 0 Å². The topological polar surface area (TPSA) is 78.9 Å². The molecule has 0 rings (SSSR count). The molecule has 0 radical (unpaired) electrons. The first-order valence-corrected chi connectivity index (χ1v) is 26.8. The molecule has 0 saturated heterocycles. The number of esters is 3. The Morgan fingerprint density at radius 3 is 1.04 bits per heavy atom. The second-order valence-electron chi connectivity index (χ2n) is 17.0. The van der Waals surface area contributed by atoms with E-state index in [1.54, 1.807) is 0 Å². The second kappa shape index (κ2) is 54.9. The summed E-state index contributed by atoms with van der Waals surface area (Å²) >= 11 is 0. The van der Waals surface area contributed by atoms with Crippen molar-refractivity contribution >= 4 is 17.9 Å². The number of hydrogen-bond acceptors (Lipinski definition) is 6. The van der Waals surface area contributed by atoms with E-state index in [9.17, 15) is 14.4 Å². The number of ether oxygens (including phenoxy) is 3. The van der Waals surface area contributed by atoms with Crippen LogP contribution < -0.4 is 0 Å². The van der Waals surface area contributed by atoms with Gasteiger partial charge < -0.3 is 14.2 Å². The molecule has 6 nitrogen and oxygen atoms in total. The number of allylic oxidation sites excluding steroid dienone is 24. The highest BCUT2D eigenvalue weighted by molar-refractivity contribution is 5.71. The molecule has 68 heavy (non-hydrogen) atoms. The Hall–Kier alpha value is -4.71. The van der Waals surface area contributed by atoms with Gasteiger partial charge in [-0.1, -0.05) is 212 Å². The lowest BCUT2D eigenvalue weighted by Gasteiger charge is -2.18. The van der Waals surface area contributed by atoms with Gasteiger partial charge >= 0.3 is 17.9 Å². The van der Waals surface area contributed by atoms with Gasteiger partial charge in [0.15, 0.2) is 6.10 Å². The van der Waals surface area contributed by atoms with Crippen molar-refractivity contribution < 1.29 is 28.6 Å². The van der Waals surface area contributed by atoms with Crippen LogP contribution in [-0.2, 0) is 28.6 Å². The maximum absolute atomic E-state index is 12.8. The van der Waals surface area contributed by atoms with Gasteiger partial charge in [-0.3, -0.25) is 14.4 Å². The van der Waals surface area contributed by atoms with Gasteiger partial charge in [0.1, 0.15) is 13.2 Å². The van der Waals surface area contributed by atoms with E-state index in [2.05, 4.69) is 154 Å². The van der Waals surface area contributed by atoms with Crippen LogP contribution >= 0.6 is 0 Å². The van der Waals surface area contributed by atoms with Gasteiger partial charge in [0.05, 0.1) is 0 Å². The molecule has 0 fully saturated rings. The van der Waals surface area contributed by atoms with Crippen molar-refractivity contribution in [3.8, 4) is 0 Å². The summed E-state index contributed by atoms with van der Waals surface area (Å²) in [5.74, 6) is -1.11. The van der Waals surface area contributed by atoms with Crippen LogP contribution in [-0.4, -0.2) is 37.2 Å². The van der Waals surface area contributed by atoms with Gasteiger partial charge in [-0.25, -0.2) is 0 Å². The van der Waals surface area contributed by atoms with Crippen LogP contribution in [0.5, 0.6) is 0 Å². The lowest BCUT2D eigenvalue weighted by molar-refractivity contribution is -0.166. The average molecular weight is 937 g/mol. The fourth-order valence-electron chi connectivity index (χ4n) is 6.61. The maximum atomic E-state index is 12.8. The number of hydrogen-bond donors (Lipinski definition) is 0. The van der Waals surface area contributed by atoms with Crippen molar-refractivity contribution in [2.75, 3.05) is 13.2 Å². The molecule has 0 aromatic carbocycles. The Morgan fingerprint density at radius 2 is 0.618 bits per heavy atom. The van der Waals surface area contributed by atoms with Crippen LogP contribution in [0.2, 0.25) is 0 Å². The highest BCUT2D eigenvalue weighted by atomic mass is 16.6. The molecular formula is C62H96O6. The minimum Gasteiger partial charge on any atom is -0.462 e. The molecule has 1 unspecified atom stereocenters. The van der Waals surface area contributed by atoms with E-state index in [4.69, 9.17) is 14.2 Å². The Kier molecular flexibility index (Phi) is 51.1. The Labute approximate surface area is 417 Å². The van der Waals surface area contributed by atoms with Crippen molar-refractivity contribution in [3.63, 3.8) is 0 Å². The third kappa shape index (κ3) is 52.3. The lowest BCUT2D eigenvalue weighted by atomic mass is 10.1. The summed E-state index contributed by atoms with van der Waals surface area (Å²) in [5, 5.41) is 0. The SMILES string of the molecule is CC/C=C\C/C=C\C/C=C\C/C=C\C/C=C\C/C=C\CCC(=O)OCC(COC(=O)CCCCC/C=C\CCCCCCCCC)OC(=O)CCC/C=C\C/C=C\C/C=C\C/C=C\C/C=C\CC. The summed E-state index contributed by atoms with van der Waals surface area (Å²) < 4.78 is 16.7. The first kappa shape index (κ1) is 63.3. The van der Waals surface area contributed by atoms with Gasteiger partial charge in [-0.15, -0.1) is 0 Å². The van der Waals surface area contributed by atoms with E-state index >= 15 is 0 Å². The van der Waals surface area contributed by atoms with Crippen LogP contribution in [0.3, 0.4) is 0 Å². The van der Waals surface area contributed by atoms with Gasteiger partial charge in [-0.2, -0.15) is 0 Å². The van der Waals surface area contributed by atoms with Gasteiger partial charge in [-0.05, 0) is 122 Å². The minimum absolute atomic E-state index is 0.138. The van der Waals surface area contributed by atoms with Crippen LogP contribution in [0.1, 0.15) is 207 Å². The molecule has 0 aromatic rings. The highest BCUT2D eigenvalue weighted by Gasteiger charge is 2.19. The summed E-state index contributed by atoms with van der Waals surface area (Å²) in [6.07, 6.45) is 78.5. The van der Waals surface area contributed by atoms with E-state index in [-0.39, 0.29) is 38.0 Å². The molecule has 0 aliphatic carbocycles. The predicted octanol–water partition coefficient (Wildman–Crippen LogP) is 18.0. The van der Waals surface area contributed by atoms with Crippen molar-refractivity contribution in [2.24, 2.45) is 0 Å². The fraction of sp³-hybridized carbons (Fsp3) is 0.565. The number of carbonyl (C=O) groups is 3. The van der Waals surface area contributed by atoms with Crippen LogP contribution in [0.25, 0.3) is 0 Å². The van der Waals surface area contributed by atoms with Crippen LogP contribution in [0.15, 0.2) is 146 Å². The first-order valence-electron chi connectivity index (χ1n) is 26.8. The molecule has 0 aromatic heterocycles. The standard InChI is InChI=1S/C62H96O6/c1-4-7-10-13-16-19-22-25-28-30-31-33-34-37-40-43-46-49-52-55-61(64)67-58-59(57-66-60(63)54-51-48-45-42-39-36-27-24-21-18-15-12-9-6-3)68-62(65)56-53-50-47-44-41-38-35-32-29-26-23-20-17-14-11-8-5-2/h7-8,10-11,16-17,19-20,25-26,28-29,31,33,35-40,44,46-47,49,59H,4-6,9,12-15,18,21-24,27,30,32,34,41-43,45,48,50-58H2,1-3H3/b10-7-,11-8-,19-16-,20-17-,28-25-,29-26-,33-31-,38-35-,39-36-,40-37-,47-44-,49-46-. The van der Waals surface area contributed by atoms with E-state index < -0.39 is 12.1 Å². The van der Waals surface area contributed by atoms with Crippen LogP contribution in [0, 0.1) is 0 Å². The number of carbonyl (C=O) groups excluding carboxylic acids is 3. The Bertz CT molecular complexity index is 1540.